The van der Waals surface area contributed by atoms with Crippen LogP contribution < -0.4 is 11.1 Å². The zero-order valence-electron chi connectivity index (χ0n) is 8.47. The second-order valence-corrected chi connectivity index (χ2v) is 3.28. The molecule has 0 aliphatic rings. The summed E-state index contributed by atoms with van der Waals surface area (Å²) in [6.45, 7) is 0.436. The highest BCUT2D eigenvalue weighted by atomic mass is 16.1. The van der Waals surface area contributed by atoms with Gasteiger partial charge in [-0.2, -0.15) is 15.4 Å². The summed E-state index contributed by atoms with van der Waals surface area (Å²) >= 11 is 0. The first-order valence-corrected chi connectivity index (χ1v) is 4.74. The second-order valence-electron chi connectivity index (χ2n) is 3.28. The number of amides is 1. The van der Waals surface area contributed by atoms with E-state index in [4.69, 9.17) is 5.73 Å². The summed E-state index contributed by atoms with van der Waals surface area (Å²) < 4.78 is 0. The molecule has 1 amide bonds. The zero-order valence-corrected chi connectivity index (χ0v) is 8.47. The van der Waals surface area contributed by atoms with Crippen molar-refractivity contribution < 1.29 is 4.79 Å². The van der Waals surface area contributed by atoms with Crippen molar-refractivity contribution >= 4 is 11.6 Å². The number of aromatic amines is 1. The number of nitrogens with two attached hydrogens (primary N) is 1. The van der Waals surface area contributed by atoms with E-state index in [-0.39, 0.29) is 11.6 Å². The molecule has 0 radical (unpaired) electrons. The SMILES string of the molecule is Nc1ccc(CNC(=O)c2cn[nH]n2)cc1. The van der Waals surface area contributed by atoms with Crippen molar-refractivity contribution in [3.63, 3.8) is 0 Å². The zero-order chi connectivity index (χ0) is 11.4. The van der Waals surface area contributed by atoms with Gasteiger partial charge in [0, 0.05) is 12.2 Å². The van der Waals surface area contributed by atoms with Crippen LogP contribution in [0.1, 0.15) is 16.1 Å². The van der Waals surface area contributed by atoms with Gasteiger partial charge in [0.25, 0.3) is 5.91 Å². The molecule has 0 saturated carbocycles. The predicted molar refractivity (Wildman–Crippen MR) is 58.4 cm³/mol. The Morgan fingerprint density at radius 3 is 2.75 bits per heavy atom. The van der Waals surface area contributed by atoms with Crippen LogP contribution in [0.4, 0.5) is 5.69 Å². The van der Waals surface area contributed by atoms with E-state index in [2.05, 4.69) is 20.7 Å². The third-order valence-corrected chi connectivity index (χ3v) is 2.08. The first-order chi connectivity index (χ1) is 7.75. The van der Waals surface area contributed by atoms with Crippen LogP contribution in [-0.2, 0) is 6.54 Å². The second kappa shape index (κ2) is 4.43. The summed E-state index contributed by atoms with van der Waals surface area (Å²) in [4.78, 5) is 11.5. The highest BCUT2D eigenvalue weighted by molar-refractivity contribution is 5.91. The predicted octanol–water partition coefficient (Wildman–Crippen LogP) is 0.317. The molecule has 16 heavy (non-hydrogen) atoms. The van der Waals surface area contributed by atoms with Gasteiger partial charge in [0.15, 0.2) is 5.69 Å². The number of nitrogens with one attached hydrogen (secondary N) is 2. The van der Waals surface area contributed by atoms with Crippen molar-refractivity contribution in [2.24, 2.45) is 0 Å². The molecule has 4 N–H and O–H groups in total. The fourth-order valence-corrected chi connectivity index (χ4v) is 1.22. The molecule has 2 aromatic rings. The van der Waals surface area contributed by atoms with Crippen LogP contribution in [0, 0.1) is 0 Å². The number of aromatic nitrogens is 3. The molecule has 1 heterocycles. The maximum Gasteiger partial charge on any atom is 0.273 e. The molecule has 2 rings (SSSR count). The summed E-state index contributed by atoms with van der Waals surface area (Å²) in [7, 11) is 0. The van der Waals surface area contributed by atoms with E-state index in [1.807, 2.05) is 12.1 Å². The Labute approximate surface area is 91.9 Å². The minimum atomic E-state index is -0.259. The van der Waals surface area contributed by atoms with Crippen LogP contribution >= 0.6 is 0 Å². The summed E-state index contributed by atoms with van der Waals surface area (Å²) in [6.07, 6.45) is 1.37. The van der Waals surface area contributed by atoms with Gasteiger partial charge in [-0.1, -0.05) is 12.1 Å². The van der Waals surface area contributed by atoms with Crippen LogP contribution in [0.15, 0.2) is 30.5 Å². The smallest absolute Gasteiger partial charge is 0.273 e. The third kappa shape index (κ3) is 2.35. The fourth-order valence-electron chi connectivity index (χ4n) is 1.22. The fraction of sp³-hybridized carbons (Fsp3) is 0.100. The molecule has 0 saturated heterocycles. The Bertz CT molecular complexity index is 462. The standard InChI is InChI=1S/C10H11N5O/c11-8-3-1-7(2-4-8)5-12-10(16)9-6-13-15-14-9/h1-4,6H,5,11H2,(H,12,16)(H,13,14,15). The topological polar surface area (TPSA) is 96.7 Å². The Balaban J connectivity index is 1.93. The Morgan fingerprint density at radius 2 is 2.12 bits per heavy atom. The van der Waals surface area contributed by atoms with Crippen LogP contribution in [0.3, 0.4) is 0 Å². The van der Waals surface area contributed by atoms with Gasteiger partial charge in [0.2, 0.25) is 0 Å². The van der Waals surface area contributed by atoms with Gasteiger partial charge in [0.05, 0.1) is 6.20 Å². The lowest BCUT2D eigenvalue weighted by Gasteiger charge is -2.03. The number of rotatable bonds is 3. The number of carbonyl (C=O) groups excluding carboxylic acids is 1. The van der Waals surface area contributed by atoms with Crippen molar-refractivity contribution in [3.8, 4) is 0 Å². The summed E-state index contributed by atoms with van der Waals surface area (Å²) in [5, 5.41) is 12.3. The molecular formula is C10H11N5O. The van der Waals surface area contributed by atoms with Gasteiger partial charge in [-0.3, -0.25) is 4.79 Å². The average Bonchev–Trinajstić information content (AvgIpc) is 2.81. The van der Waals surface area contributed by atoms with E-state index >= 15 is 0 Å². The van der Waals surface area contributed by atoms with Gasteiger partial charge in [-0.15, -0.1) is 0 Å². The summed E-state index contributed by atoms with van der Waals surface area (Å²) in [6, 6.07) is 7.30. The van der Waals surface area contributed by atoms with Crippen molar-refractivity contribution in [3.05, 3.63) is 41.7 Å². The molecule has 6 nitrogen and oxygen atoms in total. The minimum Gasteiger partial charge on any atom is -0.399 e. The van der Waals surface area contributed by atoms with Gasteiger partial charge >= 0.3 is 0 Å². The molecule has 0 spiro atoms. The molecule has 1 aromatic carbocycles. The van der Waals surface area contributed by atoms with Crippen LogP contribution in [-0.4, -0.2) is 21.3 Å². The summed E-state index contributed by atoms with van der Waals surface area (Å²) in [5.41, 5.74) is 7.50. The highest BCUT2D eigenvalue weighted by Gasteiger charge is 2.07. The van der Waals surface area contributed by atoms with Gasteiger partial charge in [-0.25, -0.2) is 0 Å². The molecular weight excluding hydrogens is 206 g/mol. The van der Waals surface area contributed by atoms with E-state index in [1.165, 1.54) is 6.20 Å². The lowest BCUT2D eigenvalue weighted by atomic mass is 10.2. The van der Waals surface area contributed by atoms with Crippen molar-refractivity contribution in [1.29, 1.82) is 0 Å². The quantitative estimate of drug-likeness (QED) is 0.645. The number of H-pyrrole nitrogens is 1. The molecule has 0 unspecified atom stereocenters. The maximum absolute atomic E-state index is 11.5. The highest BCUT2D eigenvalue weighted by Crippen LogP contribution is 2.05. The van der Waals surface area contributed by atoms with Crippen molar-refractivity contribution in [2.45, 2.75) is 6.54 Å². The maximum atomic E-state index is 11.5. The Morgan fingerprint density at radius 1 is 1.38 bits per heavy atom. The van der Waals surface area contributed by atoms with Crippen LogP contribution in [0.25, 0.3) is 0 Å². The van der Waals surface area contributed by atoms with E-state index in [0.717, 1.165) is 5.56 Å². The number of benzene rings is 1. The van der Waals surface area contributed by atoms with Gasteiger partial charge in [-0.05, 0) is 17.7 Å². The molecule has 82 valence electrons. The molecule has 0 bridgehead atoms. The van der Waals surface area contributed by atoms with Crippen molar-refractivity contribution in [1.82, 2.24) is 20.7 Å². The first-order valence-electron chi connectivity index (χ1n) is 4.74. The molecule has 1 aromatic heterocycles. The number of anilines is 1. The van der Waals surface area contributed by atoms with Gasteiger partial charge in [0.1, 0.15) is 0 Å². The molecule has 0 aliphatic carbocycles. The minimum absolute atomic E-state index is 0.259. The third-order valence-electron chi connectivity index (χ3n) is 2.08. The average molecular weight is 217 g/mol. The Hall–Kier alpha value is -2.37. The van der Waals surface area contributed by atoms with Crippen LogP contribution in [0.5, 0.6) is 0 Å². The number of carbonyl (C=O) groups is 1. The van der Waals surface area contributed by atoms with Crippen LogP contribution in [0.2, 0.25) is 0 Å². The normalized spacial score (nSPS) is 10.0. The lowest BCUT2D eigenvalue weighted by Crippen LogP contribution is -2.23. The molecule has 0 atom stereocenters. The molecule has 0 aliphatic heterocycles. The van der Waals surface area contributed by atoms with E-state index in [0.29, 0.717) is 12.2 Å². The van der Waals surface area contributed by atoms with Crippen molar-refractivity contribution in [2.75, 3.05) is 5.73 Å². The number of hydrogen-bond acceptors (Lipinski definition) is 4. The summed E-state index contributed by atoms with van der Waals surface area (Å²) in [5.74, 6) is -0.259. The number of hydrogen-bond donors (Lipinski definition) is 3. The lowest BCUT2D eigenvalue weighted by molar-refractivity contribution is 0.0946. The Kier molecular flexibility index (Phi) is 2.81. The van der Waals surface area contributed by atoms with E-state index in [9.17, 15) is 4.79 Å². The first kappa shape index (κ1) is 10.2. The van der Waals surface area contributed by atoms with E-state index < -0.39 is 0 Å². The number of nitrogen functional groups attached to an aromatic ring is 1. The monoisotopic (exact) mass is 217 g/mol. The number of nitrogens with zero attached hydrogens (tertiary/aromatic N) is 2. The largest absolute Gasteiger partial charge is 0.399 e. The van der Waals surface area contributed by atoms with Gasteiger partial charge < -0.3 is 11.1 Å². The molecule has 6 heteroatoms. The van der Waals surface area contributed by atoms with E-state index in [1.54, 1.807) is 12.1 Å². The molecule has 0 fully saturated rings.